The molecule has 0 aromatic carbocycles. The molecule has 3 atom stereocenters. The normalized spacial score (nSPS) is 40.5. The Balaban J connectivity index is 1.92. The molecule has 2 aliphatic rings. The second-order valence-electron chi connectivity index (χ2n) is 3.87. The summed E-state index contributed by atoms with van der Waals surface area (Å²) in [4.78, 5) is 13.5. The van der Waals surface area contributed by atoms with Gasteiger partial charge in [-0.2, -0.15) is 0 Å². The largest absolute Gasteiger partial charge is 0.234 e. The van der Waals surface area contributed by atoms with E-state index in [2.05, 4.69) is 4.99 Å². The molecule has 60 valence electrons. The summed E-state index contributed by atoms with van der Waals surface area (Å²) in [5.74, 6) is 2.57. The molecular weight excluding hydrogens is 138 g/mol. The smallest absolute Gasteiger partial charge is 0.211 e. The molecule has 0 N–H and O–H groups in total. The van der Waals surface area contributed by atoms with Crippen LogP contribution in [-0.2, 0) is 4.79 Å². The lowest BCUT2D eigenvalue weighted by atomic mass is 9.89. The molecule has 0 heterocycles. The summed E-state index contributed by atoms with van der Waals surface area (Å²) in [6.07, 6.45) is 7.15. The monoisotopic (exact) mass is 151 g/mol. The molecule has 2 fully saturated rings. The standard InChI is InChI=1S/C9H13NO/c11-6-10-5-9-4-7-1-2-8(9)3-7/h7-9H,1-5H2. The predicted molar refractivity (Wildman–Crippen MR) is 41.9 cm³/mol. The van der Waals surface area contributed by atoms with Crippen LogP contribution in [0.4, 0.5) is 0 Å². The lowest BCUT2D eigenvalue weighted by Gasteiger charge is -2.18. The van der Waals surface area contributed by atoms with Crippen LogP contribution in [0, 0.1) is 17.8 Å². The van der Waals surface area contributed by atoms with Gasteiger partial charge in [0.25, 0.3) is 0 Å². The molecule has 0 saturated heterocycles. The Bertz CT molecular complexity index is 196. The zero-order valence-electron chi connectivity index (χ0n) is 6.62. The fraction of sp³-hybridized carbons (Fsp3) is 0.889. The number of hydrogen-bond donors (Lipinski definition) is 0. The fourth-order valence-electron chi connectivity index (χ4n) is 2.75. The zero-order chi connectivity index (χ0) is 7.68. The molecule has 2 heteroatoms. The van der Waals surface area contributed by atoms with Gasteiger partial charge in [-0.15, -0.1) is 0 Å². The first-order valence-electron chi connectivity index (χ1n) is 4.44. The Morgan fingerprint density at radius 2 is 2.27 bits per heavy atom. The van der Waals surface area contributed by atoms with Gasteiger partial charge in [0.2, 0.25) is 6.08 Å². The number of hydrogen-bond acceptors (Lipinski definition) is 2. The molecular formula is C9H13NO. The quantitative estimate of drug-likeness (QED) is 0.436. The van der Waals surface area contributed by atoms with Crippen molar-refractivity contribution in [2.24, 2.45) is 22.7 Å². The molecule has 0 radical (unpaired) electrons. The Morgan fingerprint density at radius 3 is 2.82 bits per heavy atom. The van der Waals surface area contributed by atoms with Gasteiger partial charge in [0, 0.05) is 0 Å². The first kappa shape index (κ1) is 7.05. The Kier molecular flexibility index (Phi) is 1.79. The summed E-state index contributed by atoms with van der Waals surface area (Å²) >= 11 is 0. The summed E-state index contributed by atoms with van der Waals surface area (Å²) in [6, 6.07) is 0. The van der Waals surface area contributed by atoms with Crippen molar-refractivity contribution in [1.82, 2.24) is 0 Å². The van der Waals surface area contributed by atoms with Crippen LogP contribution in [0.1, 0.15) is 25.7 Å². The molecule has 0 aliphatic heterocycles. The highest BCUT2D eigenvalue weighted by atomic mass is 16.1. The van der Waals surface area contributed by atoms with Crippen LogP contribution < -0.4 is 0 Å². The van der Waals surface area contributed by atoms with Gasteiger partial charge in [0.15, 0.2) is 0 Å². The molecule has 0 aromatic rings. The maximum Gasteiger partial charge on any atom is 0.234 e. The van der Waals surface area contributed by atoms with E-state index in [9.17, 15) is 4.79 Å². The number of isocyanates is 1. The molecule has 2 rings (SSSR count). The van der Waals surface area contributed by atoms with Crippen molar-refractivity contribution in [2.45, 2.75) is 25.7 Å². The zero-order valence-corrected chi connectivity index (χ0v) is 6.62. The van der Waals surface area contributed by atoms with Crippen molar-refractivity contribution in [1.29, 1.82) is 0 Å². The van der Waals surface area contributed by atoms with E-state index in [1.165, 1.54) is 25.7 Å². The number of nitrogens with zero attached hydrogens (tertiary/aromatic N) is 1. The van der Waals surface area contributed by atoms with E-state index >= 15 is 0 Å². The highest BCUT2D eigenvalue weighted by molar-refractivity contribution is 5.32. The second kappa shape index (κ2) is 2.78. The molecule has 0 spiro atoms. The van der Waals surface area contributed by atoms with E-state index in [-0.39, 0.29) is 0 Å². The van der Waals surface area contributed by atoms with Crippen LogP contribution in [0.3, 0.4) is 0 Å². The third kappa shape index (κ3) is 1.23. The topological polar surface area (TPSA) is 29.4 Å². The summed E-state index contributed by atoms with van der Waals surface area (Å²) in [5, 5.41) is 0. The lowest BCUT2D eigenvalue weighted by Crippen LogP contribution is -2.13. The summed E-state index contributed by atoms with van der Waals surface area (Å²) in [6.45, 7) is 0.741. The van der Waals surface area contributed by atoms with Crippen molar-refractivity contribution in [3.8, 4) is 0 Å². The molecule has 2 bridgehead atoms. The fourth-order valence-corrected chi connectivity index (χ4v) is 2.75. The number of aliphatic imine (C=N–C) groups is 1. The maximum atomic E-state index is 9.88. The van der Waals surface area contributed by atoms with E-state index in [0.717, 1.165) is 24.3 Å². The van der Waals surface area contributed by atoms with Crippen LogP contribution in [-0.4, -0.2) is 12.6 Å². The third-order valence-electron chi connectivity index (χ3n) is 3.27. The Labute approximate surface area is 66.7 Å². The lowest BCUT2D eigenvalue weighted by molar-refractivity contribution is 0.341. The summed E-state index contributed by atoms with van der Waals surface area (Å²) < 4.78 is 0. The minimum Gasteiger partial charge on any atom is -0.211 e. The molecule has 11 heavy (non-hydrogen) atoms. The van der Waals surface area contributed by atoms with Crippen molar-refractivity contribution in [2.75, 3.05) is 6.54 Å². The van der Waals surface area contributed by atoms with Gasteiger partial charge in [-0.05, 0) is 37.0 Å². The number of carbonyl (C=O) groups excluding carboxylic acids is 1. The average Bonchev–Trinajstić information content (AvgIpc) is 2.60. The van der Waals surface area contributed by atoms with Crippen molar-refractivity contribution in [3.63, 3.8) is 0 Å². The van der Waals surface area contributed by atoms with E-state index < -0.39 is 0 Å². The van der Waals surface area contributed by atoms with E-state index in [1.807, 2.05) is 0 Å². The average molecular weight is 151 g/mol. The maximum absolute atomic E-state index is 9.88. The van der Waals surface area contributed by atoms with Gasteiger partial charge >= 0.3 is 0 Å². The van der Waals surface area contributed by atoms with E-state index in [0.29, 0.717) is 0 Å². The van der Waals surface area contributed by atoms with E-state index in [4.69, 9.17) is 0 Å². The highest BCUT2D eigenvalue weighted by Crippen LogP contribution is 2.48. The molecule has 0 aromatic heterocycles. The van der Waals surface area contributed by atoms with Crippen LogP contribution in [0.2, 0.25) is 0 Å². The number of fused-ring (bicyclic) bond motifs is 2. The van der Waals surface area contributed by atoms with Crippen LogP contribution in [0.25, 0.3) is 0 Å². The van der Waals surface area contributed by atoms with Crippen LogP contribution in [0.15, 0.2) is 4.99 Å². The van der Waals surface area contributed by atoms with Crippen LogP contribution >= 0.6 is 0 Å². The van der Waals surface area contributed by atoms with Crippen molar-refractivity contribution in [3.05, 3.63) is 0 Å². The first-order chi connectivity index (χ1) is 5.40. The number of rotatable bonds is 2. The van der Waals surface area contributed by atoms with Crippen molar-refractivity contribution >= 4 is 6.08 Å². The van der Waals surface area contributed by atoms with Gasteiger partial charge in [-0.1, -0.05) is 6.42 Å². The minimum atomic E-state index is 0.718. The first-order valence-corrected chi connectivity index (χ1v) is 4.44. The highest BCUT2D eigenvalue weighted by Gasteiger charge is 2.38. The van der Waals surface area contributed by atoms with Gasteiger partial charge < -0.3 is 0 Å². The Hall–Kier alpha value is -0.620. The summed E-state index contributed by atoms with van der Waals surface area (Å²) in [5.41, 5.74) is 0. The van der Waals surface area contributed by atoms with Crippen LogP contribution in [0.5, 0.6) is 0 Å². The summed E-state index contributed by atoms with van der Waals surface area (Å²) in [7, 11) is 0. The molecule has 2 saturated carbocycles. The predicted octanol–water partition coefficient (Wildman–Crippen LogP) is 1.76. The van der Waals surface area contributed by atoms with Gasteiger partial charge in [0.05, 0.1) is 6.54 Å². The van der Waals surface area contributed by atoms with Gasteiger partial charge in [-0.3, -0.25) is 0 Å². The molecule has 3 unspecified atom stereocenters. The van der Waals surface area contributed by atoms with Crippen molar-refractivity contribution < 1.29 is 4.79 Å². The Morgan fingerprint density at radius 1 is 1.36 bits per heavy atom. The van der Waals surface area contributed by atoms with Gasteiger partial charge in [-0.25, -0.2) is 9.79 Å². The minimum absolute atomic E-state index is 0.718. The SMILES string of the molecule is O=C=NCC1CC2CCC1C2. The molecule has 2 nitrogen and oxygen atoms in total. The van der Waals surface area contributed by atoms with E-state index in [1.54, 1.807) is 6.08 Å². The van der Waals surface area contributed by atoms with Gasteiger partial charge in [0.1, 0.15) is 0 Å². The second-order valence-corrected chi connectivity index (χ2v) is 3.87. The molecule has 2 aliphatic carbocycles. The third-order valence-corrected chi connectivity index (χ3v) is 3.27. The molecule has 0 amide bonds.